The highest BCUT2D eigenvalue weighted by Crippen LogP contribution is 2.29. The molecule has 0 aliphatic rings. The lowest BCUT2D eigenvalue weighted by molar-refractivity contribution is -0.120. The third kappa shape index (κ3) is 3.84. The first-order valence-electron chi connectivity index (χ1n) is 5.48. The van der Waals surface area contributed by atoms with Gasteiger partial charge in [0.1, 0.15) is 12.4 Å². The lowest BCUT2D eigenvalue weighted by Gasteiger charge is -2.31. The predicted molar refractivity (Wildman–Crippen MR) is 61.9 cm³/mol. The van der Waals surface area contributed by atoms with Crippen molar-refractivity contribution < 1.29 is 27.5 Å². The Morgan fingerprint density at radius 3 is 2.37 bits per heavy atom. The van der Waals surface area contributed by atoms with Gasteiger partial charge in [-0.25, -0.2) is 9.18 Å². The quantitative estimate of drug-likeness (QED) is 0.860. The fraction of sp³-hybridized carbons (Fsp3) is 0.417. The molecule has 0 heterocycles. The number of carboxylic acids is 1. The molecule has 0 radical (unpaired) electrons. The number of halogens is 4. The smallest absolute Gasteiger partial charge is 0.405 e. The van der Waals surface area contributed by atoms with E-state index < -0.39 is 41.8 Å². The topological polar surface area (TPSA) is 40.5 Å². The molecule has 0 atom stereocenters. The van der Waals surface area contributed by atoms with E-state index in [1.807, 2.05) is 0 Å². The summed E-state index contributed by atoms with van der Waals surface area (Å²) in [6, 6.07) is 2.46. The van der Waals surface area contributed by atoms with Crippen LogP contribution >= 0.6 is 0 Å². The van der Waals surface area contributed by atoms with Gasteiger partial charge in [-0.3, -0.25) is 0 Å². The largest absolute Gasteiger partial charge is 0.478 e. The molecule has 1 N–H and O–H groups in total. The first-order valence-corrected chi connectivity index (χ1v) is 5.48. The van der Waals surface area contributed by atoms with Crippen LogP contribution < -0.4 is 4.90 Å². The molecule has 0 saturated carbocycles. The maximum atomic E-state index is 13.7. The highest BCUT2D eigenvalue weighted by Gasteiger charge is 2.34. The number of para-hydroxylation sites is 1. The van der Waals surface area contributed by atoms with Crippen LogP contribution in [0.5, 0.6) is 0 Å². The van der Waals surface area contributed by atoms with Gasteiger partial charge in [-0.1, -0.05) is 6.07 Å². The Bertz CT molecular complexity index is 471. The molecule has 0 aromatic heterocycles. The van der Waals surface area contributed by atoms with Crippen molar-refractivity contribution >= 4 is 11.7 Å². The van der Waals surface area contributed by atoms with E-state index in [2.05, 4.69) is 0 Å². The first-order chi connectivity index (χ1) is 8.63. The van der Waals surface area contributed by atoms with Crippen molar-refractivity contribution in [2.45, 2.75) is 26.1 Å². The van der Waals surface area contributed by atoms with E-state index in [-0.39, 0.29) is 0 Å². The second-order valence-electron chi connectivity index (χ2n) is 4.28. The van der Waals surface area contributed by atoms with E-state index in [4.69, 9.17) is 5.11 Å². The zero-order valence-corrected chi connectivity index (χ0v) is 10.3. The summed E-state index contributed by atoms with van der Waals surface area (Å²) in [6.45, 7) is 1.46. The number of carbonyl (C=O) groups is 1. The van der Waals surface area contributed by atoms with Crippen LogP contribution in [0.15, 0.2) is 18.2 Å². The van der Waals surface area contributed by atoms with Crippen molar-refractivity contribution in [2.24, 2.45) is 0 Å². The summed E-state index contributed by atoms with van der Waals surface area (Å²) in [4.78, 5) is 11.7. The zero-order valence-electron chi connectivity index (χ0n) is 10.3. The van der Waals surface area contributed by atoms with Crippen molar-refractivity contribution in [1.82, 2.24) is 0 Å². The van der Waals surface area contributed by atoms with Crippen LogP contribution in [0, 0.1) is 5.82 Å². The molecule has 106 valence electrons. The Morgan fingerprint density at radius 2 is 1.95 bits per heavy atom. The Kier molecular flexibility index (Phi) is 4.39. The number of nitrogens with zero attached hydrogens (tertiary/aromatic N) is 1. The predicted octanol–water partition coefficient (Wildman–Crippen LogP) is 3.30. The number of alkyl halides is 3. The van der Waals surface area contributed by atoms with Crippen molar-refractivity contribution in [3.8, 4) is 0 Å². The maximum absolute atomic E-state index is 13.7. The van der Waals surface area contributed by atoms with Gasteiger partial charge in [0.2, 0.25) is 0 Å². The summed E-state index contributed by atoms with van der Waals surface area (Å²) in [6.07, 6.45) is -4.55. The van der Waals surface area contributed by atoms with E-state index in [9.17, 15) is 22.4 Å². The zero-order chi connectivity index (χ0) is 14.8. The van der Waals surface area contributed by atoms with Gasteiger partial charge in [-0.2, -0.15) is 13.2 Å². The van der Waals surface area contributed by atoms with Crippen LogP contribution in [-0.2, 0) is 0 Å². The highest BCUT2D eigenvalue weighted by molar-refractivity contribution is 5.94. The minimum absolute atomic E-state index is 0.488. The Balaban J connectivity index is 3.34. The third-order valence-electron chi connectivity index (χ3n) is 2.48. The van der Waals surface area contributed by atoms with Gasteiger partial charge in [-0.05, 0) is 26.0 Å². The van der Waals surface area contributed by atoms with Crippen LogP contribution in [0.25, 0.3) is 0 Å². The van der Waals surface area contributed by atoms with Crippen LogP contribution in [0.2, 0.25) is 0 Å². The third-order valence-corrected chi connectivity index (χ3v) is 2.48. The summed E-state index contributed by atoms with van der Waals surface area (Å²) in [7, 11) is 0. The van der Waals surface area contributed by atoms with E-state index in [0.29, 0.717) is 4.90 Å². The van der Waals surface area contributed by atoms with Crippen LogP contribution in [0.1, 0.15) is 24.2 Å². The number of hydrogen-bond acceptors (Lipinski definition) is 2. The molecule has 0 aliphatic carbocycles. The van der Waals surface area contributed by atoms with Gasteiger partial charge in [0.15, 0.2) is 0 Å². The molecule has 7 heteroatoms. The second-order valence-corrected chi connectivity index (χ2v) is 4.28. The molecule has 0 fully saturated rings. The molecular formula is C12H13F4NO2. The molecule has 1 aromatic carbocycles. The van der Waals surface area contributed by atoms with Crippen molar-refractivity contribution in [1.29, 1.82) is 0 Å². The second kappa shape index (κ2) is 5.46. The van der Waals surface area contributed by atoms with E-state index in [0.717, 1.165) is 18.2 Å². The minimum atomic E-state index is -4.55. The van der Waals surface area contributed by atoms with Gasteiger partial charge in [-0.15, -0.1) is 0 Å². The van der Waals surface area contributed by atoms with Gasteiger partial charge in [0.05, 0.1) is 11.3 Å². The number of aromatic carboxylic acids is 1. The highest BCUT2D eigenvalue weighted by atomic mass is 19.4. The monoisotopic (exact) mass is 279 g/mol. The lowest BCUT2D eigenvalue weighted by Crippen LogP contribution is -2.40. The summed E-state index contributed by atoms with van der Waals surface area (Å²) >= 11 is 0. The van der Waals surface area contributed by atoms with Crippen LogP contribution in [0.3, 0.4) is 0 Å². The van der Waals surface area contributed by atoms with Crippen molar-refractivity contribution in [3.05, 3.63) is 29.6 Å². The number of hydrogen-bond donors (Lipinski definition) is 1. The maximum Gasteiger partial charge on any atom is 0.405 e. The summed E-state index contributed by atoms with van der Waals surface area (Å²) in [5, 5.41) is 8.94. The van der Waals surface area contributed by atoms with Gasteiger partial charge in [0, 0.05) is 6.04 Å². The summed E-state index contributed by atoms with van der Waals surface area (Å²) < 4.78 is 51.2. The Morgan fingerprint density at radius 1 is 1.37 bits per heavy atom. The van der Waals surface area contributed by atoms with E-state index in [1.165, 1.54) is 13.8 Å². The number of carboxylic acid groups (broad SMARTS) is 1. The van der Waals surface area contributed by atoms with Gasteiger partial charge >= 0.3 is 12.1 Å². The SMILES string of the molecule is CC(C)N(CC(F)(F)F)c1c(F)cccc1C(=O)O. The normalized spacial score (nSPS) is 11.7. The Labute approximate surface area is 107 Å². The molecule has 0 aliphatic heterocycles. The van der Waals surface area contributed by atoms with Crippen molar-refractivity contribution in [2.75, 3.05) is 11.4 Å². The van der Waals surface area contributed by atoms with Crippen LogP contribution in [-0.4, -0.2) is 29.8 Å². The molecule has 0 saturated heterocycles. The molecule has 0 unspecified atom stereocenters. The molecule has 0 spiro atoms. The molecular weight excluding hydrogens is 266 g/mol. The molecule has 0 amide bonds. The molecule has 19 heavy (non-hydrogen) atoms. The average molecular weight is 279 g/mol. The number of benzene rings is 1. The molecule has 1 aromatic rings. The average Bonchev–Trinajstić information content (AvgIpc) is 2.24. The number of anilines is 1. The lowest BCUT2D eigenvalue weighted by atomic mass is 10.1. The standard InChI is InChI=1S/C12H13F4NO2/c1-7(2)17(6-12(14,15)16)10-8(11(18)19)4-3-5-9(10)13/h3-5,7H,6H2,1-2H3,(H,18,19). The van der Waals surface area contributed by atoms with Gasteiger partial charge in [0.25, 0.3) is 0 Å². The van der Waals surface area contributed by atoms with Crippen molar-refractivity contribution in [3.63, 3.8) is 0 Å². The fourth-order valence-corrected chi connectivity index (χ4v) is 1.69. The van der Waals surface area contributed by atoms with Crippen LogP contribution in [0.4, 0.5) is 23.2 Å². The molecule has 1 rings (SSSR count). The summed E-state index contributed by atoms with van der Waals surface area (Å²) in [5.74, 6) is -2.46. The van der Waals surface area contributed by atoms with Gasteiger partial charge < -0.3 is 10.0 Å². The molecule has 0 bridgehead atoms. The minimum Gasteiger partial charge on any atom is -0.478 e. The fourth-order valence-electron chi connectivity index (χ4n) is 1.69. The Hall–Kier alpha value is -1.79. The molecule has 3 nitrogen and oxygen atoms in total. The first kappa shape index (κ1) is 15.3. The van der Waals surface area contributed by atoms with E-state index in [1.54, 1.807) is 0 Å². The summed E-state index contributed by atoms with van der Waals surface area (Å²) in [5.41, 5.74) is -1.03. The van der Waals surface area contributed by atoms with E-state index >= 15 is 0 Å². The number of rotatable bonds is 4.